The van der Waals surface area contributed by atoms with Crippen LogP contribution in [0.15, 0.2) is 46.8 Å². The lowest BCUT2D eigenvalue weighted by atomic mass is 10.0. The van der Waals surface area contributed by atoms with Crippen LogP contribution in [-0.4, -0.2) is 17.0 Å². The van der Waals surface area contributed by atoms with E-state index < -0.39 is 35.9 Å². The number of hydrogen-bond donors (Lipinski definition) is 2. The van der Waals surface area contributed by atoms with Gasteiger partial charge < -0.3 is 15.6 Å². The standard InChI is InChI=1S/C26H28F6N4OS/c1-16-8-17(2)10-21(9-16)35-24-36(7-5-3-4-6-33)22(15-38-24)23(37)34-14-18-11-19(25(27,28)29)13-20(12-18)26(30,31)32/h8-13,15H,3-7,14,33H2,1-2H3,(H,34,37). The largest absolute Gasteiger partial charge is 0.416 e. The topological polar surface area (TPSA) is 72.4 Å². The van der Waals surface area contributed by atoms with Crippen LogP contribution in [0.5, 0.6) is 0 Å². The molecular weight excluding hydrogens is 530 g/mol. The molecule has 0 fully saturated rings. The SMILES string of the molecule is Cc1cc(C)cc(N=c2scc(C(=O)NCc3cc(C(F)(F)F)cc(C(F)(F)F)c3)n2CCCCCN)c1. The molecule has 1 heterocycles. The molecule has 0 spiro atoms. The minimum Gasteiger partial charge on any atom is -0.347 e. The van der Waals surface area contributed by atoms with Gasteiger partial charge in [-0.05, 0) is 80.3 Å². The Kier molecular flexibility index (Phi) is 9.42. The molecule has 206 valence electrons. The van der Waals surface area contributed by atoms with Gasteiger partial charge in [0.05, 0.1) is 16.8 Å². The number of hydrogen-bond acceptors (Lipinski definition) is 4. The van der Waals surface area contributed by atoms with Crippen molar-refractivity contribution in [1.29, 1.82) is 0 Å². The zero-order chi connectivity index (χ0) is 28.1. The minimum absolute atomic E-state index is 0.0558. The Hall–Kier alpha value is -3.12. The van der Waals surface area contributed by atoms with Gasteiger partial charge in [0, 0.05) is 18.5 Å². The first kappa shape index (κ1) is 29.4. The number of nitrogens with two attached hydrogens (primary N) is 1. The second-order valence-corrected chi connectivity index (χ2v) is 9.80. The summed E-state index contributed by atoms with van der Waals surface area (Å²) in [6.45, 7) is 4.34. The van der Waals surface area contributed by atoms with Crippen LogP contribution in [0.25, 0.3) is 0 Å². The molecule has 0 aliphatic heterocycles. The van der Waals surface area contributed by atoms with Gasteiger partial charge in [0.2, 0.25) is 0 Å². The van der Waals surface area contributed by atoms with Gasteiger partial charge in [-0.3, -0.25) is 4.79 Å². The van der Waals surface area contributed by atoms with Crippen molar-refractivity contribution in [1.82, 2.24) is 9.88 Å². The van der Waals surface area contributed by atoms with Gasteiger partial charge in [0.15, 0.2) is 4.80 Å². The van der Waals surface area contributed by atoms with E-state index in [1.54, 1.807) is 9.95 Å². The molecule has 3 aromatic rings. The van der Waals surface area contributed by atoms with E-state index in [9.17, 15) is 31.1 Å². The molecule has 2 aromatic carbocycles. The summed E-state index contributed by atoms with van der Waals surface area (Å²) < 4.78 is 80.8. The molecule has 0 atom stereocenters. The summed E-state index contributed by atoms with van der Waals surface area (Å²) in [7, 11) is 0. The molecule has 1 amide bonds. The van der Waals surface area contributed by atoms with Crippen LogP contribution >= 0.6 is 11.3 Å². The minimum atomic E-state index is -4.97. The van der Waals surface area contributed by atoms with E-state index >= 15 is 0 Å². The molecule has 1 aromatic heterocycles. The molecule has 0 radical (unpaired) electrons. The highest BCUT2D eigenvalue weighted by atomic mass is 32.1. The molecule has 0 saturated carbocycles. The van der Waals surface area contributed by atoms with Gasteiger partial charge >= 0.3 is 12.4 Å². The summed E-state index contributed by atoms with van der Waals surface area (Å²) in [6.07, 6.45) is -7.62. The Balaban J connectivity index is 1.91. The predicted octanol–water partition coefficient (Wildman–Crippen LogP) is 6.50. The number of benzene rings is 2. The smallest absolute Gasteiger partial charge is 0.347 e. The van der Waals surface area contributed by atoms with E-state index in [4.69, 9.17) is 5.73 Å². The van der Waals surface area contributed by atoms with Crippen molar-refractivity contribution in [3.8, 4) is 0 Å². The van der Waals surface area contributed by atoms with Crippen LogP contribution in [0.2, 0.25) is 0 Å². The van der Waals surface area contributed by atoms with E-state index in [0.29, 0.717) is 42.1 Å². The summed E-state index contributed by atoms with van der Waals surface area (Å²) >= 11 is 1.22. The summed E-state index contributed by atoms with van der Waals surface area (Å²) in [6, 6.07) is 7.06. The van der Waals surface area contributed by atoms with Gasteiger partial charge in [-0.2, -0.15) is 26.3 Å². The molecule has 0 aliphatic rings. The normalized spacial score (nSPS) is 12.7. The van der Waals surface area contributed by atoms with Crippen molar-refractivity contribution in [2.24, 2.45) is 10.7 Å². The highest BCUT2D eigenvalue weighted by Crippen LogP contribution is 2.36. The van der Waals surface area contributed by atoms with Crippen LogP contribution in [0.3, 0.4) is 0 Å². The average Bonchev–Trinajstić information content (AvgIpc) is 3.20. The molecule has 0 unspecified atom stereocenters. The molecule has 0 saturated heterocycles. The second kappa shape index (κ2) is 12.2. The molecular formula is C26H28F6N4OS. The lowest BCUT2D eigenvalue weighted by Crippen LogP contribution is -2.29. The zero-order valence-corrected chi connectivity index (χ0v) is 21.7. The third kappa shape index (κ3) is 7.94. The number of unbranched alkanes of at least 4 members (excludes halogenated alkanes) is 2. The highest BCUT2D eigenvalue weighted by molar-refractivity contribution is 7.07. The predicted molar refractivity (Wildman–Crippen MR) is 134 cm³/mol. The Bertz CT molecular complexity index is 1290. The molecule has 12 heteroatoms. The Morgan fingerprint density at radius 2 is 1.53 bits per heavy atom. The third-order valence-corrected chi connectivity index (χ3v) is 6.51. The number of aryl methyl sites for hydroxylation is 2. The maximum Gasteiger partial charge on any atom is 0.416 e. The molecule has 3 rings (SSSR count). The number of nitrogens with zero attached hydrogens (tertiary/aromatic N) is 2. The number of halogens is 6. The van der Waals surface area contributed by atoms with Gasteiger partial charge in [0.1, 0.15) is 5.69 Å². The maximum absolute atomic E-state index is 13.2. The number of aromatic nitrogens is 1. The molecule has 0 bridgehead atoms. The van der Waals surface area contributed by atoms with Gasteiger partial charge in [0.25, 0.3) is 5.91 Å². The van der Waals surface area contributed by atoms with Crippen LogP contribution in [0.4, 0.5) is 32.0 Å². The number of rotatable bonds is 9. The molecule has 5 nitrogen and oxygen atoms in total. The number of alkyl halides is 6. The van der Waals surface area contributed by atoms with Gasteiger partial charge in [-0.15, -0.1) is 11.3 Å². The number of thiazole rings is 1. The van der Waals surface area contributed by atoms with Crippen LogP contribution in [-0.2, 0) is 25.4 Å². The first-order chi connectivity index (χ1) is 17.8. The quantitative estimate of drug-likeness (QED) is 0.233. The number of carbonyl (C=O) groups is 1. The second-order valence-electron chi connectivity index (χ2n) is 8.96. The Labute approximate surface area is 220 Å². The van der Waals surface area contributed by atoms with E-state index in [0.717, 1.165) is 24.0 Å². The van der Waals surface area contributed by atoms with Crippen molar-refractivity contribution < 1.29 is 31.1 Å². The Morgan fingerprint density at radius 1 is 0.921 bits per heavy atom. The van der Waals surface area contributed by atoms with Crippen LogP contribution in [0.1, 0.15) is 57.6 Å². The first-order valence-corrected chi connectivity index (χ1v) is 12.7. The summed E-state index contributed by atoms with van der Waals surface area (Å²) in [5.74, 6) is -0.632. The average molecular weight is 559 g/mol. The lowest BCUT2D eigenvalue weighted by Gasteiger charge is -2.15. The lowest BCUT2D eigenvalue weighted by molar-refractivity contribution is -0.143. The summed E-state index contributed by atoms with van der Waals surface area (Å²) in [5.41, 5.74) is 5.35. The van der Waals surface area contributed by atoms with Crippen LogP contribution < -0.4 is 15.9 Å². The fourth-order valence-electron chi connectivity index (χ4n) is 3.93. The Morgan fingerprint density at radius 3 is 2.08 bits per heavy atom. The van der Waals surface area contributed by atoms with Crippen molar-refractivity contribution in [2.45, 2.75) is 58.6 Å². The maximum atomic E-state index is 13.2. The number of amides is 1. The molecule has 0 aliphatic carbocycles. The molecule has 38 heavy (non-hydrogen) atoms. The fourth-order valence-corrected chi connectivity index (χ4v) is 4.85. The van der Waals surface area contributed by atoms with Gasteiger partial charge in [-0.1, -0.05) is 12.5 Å². The summed E-state index contributed by atoms with van der Waals surface area (Å²) in [5, 5.41) is 4.04. The number of carbonyl (C=O) groups excluding carboxylic acids is 1. The van der Waals surface area contributed by atoms with Crippen LogP contribution in [0, 0.1) is 13.8 Å². The van der Waals surface area contributed by atoms with E-state index in [1.807, 2.05) is 32.0 Å². The summed E-state index contributed by atoms with van der Waals surface area (Å²) in [4.78, 5) is 18.3. The number of nitrogens with one attached hydrogen (secondary N) is 1. The van der Waals surface area contributed by atoms with E-state index in [1.165, 1.54) is 11.3 Å². The van der Waals surface area contributed by atoms with E-state index in [2.05, 4.69) is 10.3 Å². The zero-order valence-electron chi connectivity index (χ0n) is 20.8. The van der Waals surface area contributed by atoms with Crippen molar-refractivity contribution >= 4 is 22.9 Å². The van der Waals surface area contributed by atoms with Crippen molar-refractivity contribution in [2.75, 3.05) is 6.54 Å². The van der Waals surface area contributed by atoms with E-state index in [-0.39, 0.29) is 17.3 Å². The highest BCUT2D eigenvalue weighted by Gasteiger charge is 2.36. The van der Waals surface area contributed by atoms with Crippen molar-refractivity contribution in [3.63, 3.8) is 0 Å². The fraction of sp³-hybridized carbons (Fsp3) is 0.385. The van der Waals surface area contributed by atoms with Crippen molar-refractivity contribution in [3.05, 3.63) is 80.1 Å². The monoisotopic (exact) mass is 558 g/mol. The molecule has 3 N–H and O–H groups in total. The third-order valence-electron chi connectivity index (χ3n) is 5.65. The van der Waals surface area contributed by atoms with Gasteiger partial charge in [-0.25, -0.2) is 4.99 Å². The first-order valence-electron chi connectivity index (χ1n) is 11.9.